The summed E-state index contributed by atoms with van der Waals surface area (Å²) in [6.07, 6.45) is 2.18. The van der Waals surface area contributed by atoms with E-state index in [2.05, 4.69) is 10.4 Å². The van der Waals surface area contributed by atoms with Gasteiger partial charge in [-0.05, 0) is 31.4 Å². The van der Waals surface area contributed by atoms with Crippen LogP contribution in [0.4, 0.5) is 5.69 Å². The van der Waals surface area contributed by atoms with Crippen molar-refractivity contribution < 1.29 is 19.5 Å². The number of benzene rings is 1. The average Bonchev–Trinajstić information content (AvgIpc) is 3.05. The summed E-state index contributed by atoms with van der Waals surface area (Å²) >= 11 is 0. The van der Waals surface area contributed by atoms with E-state index in [1.54, 1.807) is 24.3 Å². The fraction of sp³-hybridized carbons (Fsp3) is 0.412. The Labute approximate surface area is 139 Å². The summed E-state index contributed by atoms with van der Waals surface area (Å²) in [7, 11) is 0. The van der Waals surface area contributed by atoms with E-state index >= 15 is 0 Å². The highest BCUT2D eigenvalue weighted by Crippen LogP contribution is 2.26. The zero-order chi connectivity index (χ0) is 17.1. The molecule has 1 aromatic rings. The fourth-order valence-electron chi connectivity index (χ4n) is 3.09. The van der Waals surface area contributed by atoms with Gasteiger partial charge in [0.15, 0.2) is 0 Å². The lowest BCUT2D eigenvalue weighted by Crippen LogP contribution is -2.42. The van der Waals surface area contributed by atoms with E-state index < -0.39 is 11.9 Å². The molecule has 0 spiro atoms. The maximum atomic E-state index is 12.4. The summed E-state index contributed by atoms with van der Waals surface area (Å²) in [4.78, 5) is 35.4. The summed E-state index contributed by atoms with van der Waals surface area (Å²) in [6, 6.07) is 8.82. The molecule has 0 aromatic heterocycles. The molecule has 24 heavy (non-hydrogen) atoms. The summed E-state index contributed by atoms with van der Waals surface area (Å²) in [5, 5.41) is 17.3. The number of aliphatic carboxylic acids is 1. The molecule has 0 saturated heterocycles. The van der Waals surface area contributed by atoms with Gasteiger partial charge in [-0.25, -0.2) is 5.01 Å². The van der Waals surface area contributed by atoms with Crippen molar-refractivity contribution >= 4 is 29.2 Å². The maximum Gasteiger partial charge on any atom is 0.306 e. The van der Waals surface area contributed by atoms with Gasteiger partial charge in [-0.2, -0.15) is 5.10 Å². The summed E-state index contributed by atoms with van der Waals surface area (Å²) in [5.74, 6) is -1.68. The zero-order valence-corrected chi connectivity index (χ0v) is 13.1. The van der Waals surface area contributed by atoms with Crippen molar-refractivity contribution in [2.45, 2.75) is 38.1 Å². The molecule has 1 heterocycles. The molecule has 1 fully saturated rings. The number of carbonyl (C=O) groups is 3. The van der Waals surface area contributed by atoms with E-state index in [-0.39, 0.29) is 24.3 Å². The highest BCUT2D eigenvalue weighted by atomic mass is 16.4. The third kappa shape index (κ3) is 3.45. The van der Waals surface area contributed by atoms with Crippen molar-refractivity contribution in [2.24, 2.45) is 11.0 Å². The Bertz CT molecular complexity index is 686. The number of hydrogen-bond acceptors (Lipinski definition) is 4. The van der Waals surface area contributed by atoms with Gasteiger partial charge in [0.1, 0.15) is 5.71 Å². The van der Waals surface area contributed by atoms with Gasteiger partial charge >= 0.3 is 5.97 Å². The lowest BCUT2D eigenvalue weighted by atomic mass is 10.1. The highest BCUT2D eigenvalue weighted by Gasteiger charge is 2.32. The van der Waals surface area contributed by atoms with Crippen LogP contribution in [0.2, 0.25) is 0 Å². The van der Waals surface area contributed by atoms with E-state index in [0.717, 1.165) is 0 Å². The predicted molar refractivity (Wildman–Crippen MR) is 87.5 cm³/mol. The number of carbonyl (C=O) groups excluding carboxylic acids is 2. The van der Waals surface area contributed by atoms with Crippen molar-refractivity contribution in [2.75, 3.05) is 5.01 Å². The molecule has 2 aliphatic rings. The van der Waals surface area contributed by atoms with E-state index in [4.69, 9.17) is 5.11 Å². The molecule has 7 nitrogen and oxygen atoms in total. The normalized spacial score (nSPS) is 23.8. The van der Waals surface area contributed by atoms with Crippen LogP contribution in [0.1, 0.15) is 32.1 Å². The largest absolute Gasteiger partial charge is 0.481 e. The van der Waals surface area contributed by atoms with Gasteiger partial charge in [0.25, 0.3) is 5.91 Å². The Hall–Kier alpha value is -2.70. The Balaban J connectivity index is 1.68. The van der Waals surface area contributed by atoms with Crippen LogP contribution < -0.4 is 10.3 Å². The molecule has 2 atom stereocenters. The second-order valence-electron chi connectivity index (χ2n) is 6.11. The second-order valence-corrected chi connectivity index (χ2v) is 6.11. The van der Waals surface area contributed by atoms with Gasteiger partial charge in [0.2, 0.25) is 5.91 Å². The first-order valence-electron chi connectivity index (χ1n) is 8.03. The van der Waals surface area contributed by atoms with Gasteiger partial charge in [-0.3, -0.25) is 14.4 Å². The van der Waals surface area contributed by atoms with Crippen LogP contribution in [0.3, 0.4) is 0 Å². The lowest BCUT2D eigenvalue weighted by Gasteiger charge is -2.23. The van der Waals surface area contributed by atoms with Crippen LogP contribution in [0.25, 0.3) is 0 Å². The van der Waals surface area contributed by atoms with Crippen LogP contribution in [-0.4, -0.2) is 34.6 Å². The smallest absolute Gasteiger partial charge is 0.306 e. The van der Waals surface area contributed by atoms with Gasteiger partial charge in [-0.1, -0.05) is 18.2 Å². The summed E-state index contributed by atoms with van der Waals surface area (Å²) in [6.45, 7) is 0. The lowest BCUT2D eigenvalue weighted by molar-refractivity contribution is -0.141. The Morgan fingerprint density at radius 3 is 2.58 bits per heavy atom. The quantitative estimate of drug-likeness (QED) is 0.875. The molecule has 2 N–H and O–H groups in total. The minimum Gasteiger partial charge on any atom is -0.481 e. The Kier molecular flexibility index (Phi) is 4.59. The topological polar surface area (TPSA) is 99.1 Å². The number of hydrazone groups is 1. The van der Waals surface area contributed by atoms with Crippen molar-refractivity contribution in [3.8, 4) is 0 Å². The number of anilines is 1. The molecule has 1 saturated carbocycles. The number of nitrogens with zero attached hydrogens (tertiary/aromatic N) is 2. The van der Waals surface area contributed by atoms with Crippen LogP contribution in [0.5, 0.6) is 0 Å². The fourth-order valence-corrected chi connectivity index (χ4v) is 3.09. The molecule has 126 valence electrons. The van der Waals surface area contributed by atoms with E-state index in [1.165, 1.54) is 5.01 Å². The molecule has 1 aliphatic carbocycles. The number of carboxylic acids is 1. The minimum atomic E-state index is -0.817. The Morgan fingerprint density at radius 1 is 1.17 bits per heavy atom. The number of hydrogen-bond donors (Lipinski definition) is 2. The molecule has 0 bridgehead atoms. The van der Waals surface area contributed by atoms with Crippen LogP contribution in [0.15, 0.2) is 35.4 Å². The second kappa shape index (κ2) is 6.82. The van der Waals surface area contributed by atoms with Crippen molar-refractivity contribution in [3.05, 3.63) is 30.3 Å². The molecule has 0 radical (unpaired) electrons. The van der Waals surface area contributed by atoms with Crippen molar-refractivity contribution in [1.29, 1.82) is 0 Å². The third-order valence-electron chi connectivity index (χ3n) is 4.41. The molecular weight excluding hydrogens is 310 g/mol. The van der Waals surface area contributed by atoms with Crippen LogP contribution in [-0.2, 0) is 14.4 Å². The minimum absolute atomic E-state index is 0.149. The number of rotatable bonds is 4. The maximum absolute atomic E-state index is 12.4. The van der Waals surface area contributed by atoms with Gasteiger partial charge < -0.3 is 10.4 Å². The molecule has 1 aliphatic heterocycles. The number of carboxylic acid groups (broad SMARTS) is 1. The van der Waals surface area contributed by atoms with Crippen LogP contribution in [0, 0.1) is 5.92 Å². The molecule has 0 unspecified atom stereocenters. The van der Waals surface area contributed by atoms with E-state index in [1.807, 2.05) is 6.07 Å². The molecule has 2 amide bonds. The van der Waals surface area contributed by atoms with E-state index in [9.17, 15) is 14.4 Å². The number of amides is 2. The first-order chi connectivity index (χ1) is 11.5. The van der Waals surface area contributed by atoms with Crippen molar-refractivity contribution in [3.63, 3.8) is 0 Å². The first kappa shape index (κ1) is 16.2. The summed E-state index contributed by atoms with van der Waals surface area (Å²) < 4.78 is 0. The number of nitrogens with one attached hydrogen (secondary N) is 1. The monoisotopic (exact) mass is 329 g/mol. The van der Waals surface area contributed by atoms with Gasteiger partial charge in [0.05, 0.1) is 11.6 Å². The zero-order valence-electron chi connectivity index (χ0n) is 13.1. The SMILES string of the molecule is O=C(N[C@@H]1CC[C@H](C(=O)O)C1)C1=NN(c2ccccc2)C(=O)CC1. The third-order valence-corrected chi connectivity index (χ3v) is 4.41. The number of para-hydroxylation sites is 1. The predicted octanol–water partition coefficient (Wildman–Crippen LogP) is 1.54. The molecule has 7 heteroatoms. The van der Waals surface area contributed by atoms with Crippen LogP contribution >= 0.6 is 0 Å². The molecular formula is C17H19N3O4. The van der Waals surface area contributed by atoms with Gasteiger partial charge in [-0.15, -0.1) is 0 Å². The van der Waals surface area contributed by atoms with Gasteiger partial charge in [0, 0.05) is 18.9 Å². The standard InChI is InChI=1S/C17H19N3O4/c21-15-9-8-14(19-20(15)13-4-2-1-3-5-13)16(22)18-12-7-6-11(10-12)17(23)24/h1-5,11-12H,6-10H2,(H,18,22)(H,23,24)/t11-,12+/m0/s1. The summed E-state index contributed by atoms with van der Waals surface area (Å²) in [5.41, 5.74) is 0.927. The van der Waals surface area contributed by atoms with Crippen molar-refractivity contribution in [1.82, 2.24) is 5.32 Å². The molecule has 1 aromatic carbocycles. The van der Waals surface area contributed by atoms with E-state index in [0.29, 0.717) is 37.1 Å². The first-order valence-corrected chi connectivity index (χ1v) is 8.03. The molecule has 3 rings (SSSR count). The Morgan fingerprint density at radius 2 is 1.92 bits per heavy atom. The highest BCUT2D eigenvalue weighted by molar-refractivity contribution is 6.40. The average molecular weight is 329 g/mol.